The summed E-state index contributed by atoms with van der Waals surface area (Å²) in [5.41, 5.74) is 1.91. The van der Waals surface area contributed by atoms with Gasteiger partial charge in [0.1, 0.15) is 5.82 Å². The topological polar surface area (TPSA) is 15.3 Å². The summed E-state index contributed by atoms with van der Waals surface area (Å²) in [6, 6.07) is 6.22. The van der Waals surface area contributed by atoms with Crippen LogP contribution in [0, 0.1) is 18.7 Å². The molecule has 0 amide bonds. The molecule has 20 heavy (non-hydrogen) atoms. The van der Waals surface area contributed by atoms with E-state index in [1.54, 1.807) is 6.07 Å². The Bertz CT molecular complexity index is 432. The molecule has 114 valence electrons. The molecule has 0 aromatic heterocycles. The van der Waals surface area contributed by atoms with Crippen LogP contribution in [0.15, 0.2) is 18.2 Å². The second-order valence-corrected chi connectivity index (χ2v) is 5.58. The van der Waals surface area contributed by atoms with Gasteiger partial charge in [0.25, 0.3) is 0 Å². The molecular formula is C15H23Cl2FN2. The van der Waals surface area contributed by atoms with Gasteiger partial charge in [0.2, 0.25) is 0 Å². The number of hydrogen-bond acceptors (Lipinski definition) is 2. The lowest BCUT2D eigenvalue weighted by Gasteiger charge is -2.35. The molecule has 2 fully saturated rings. The quantitative estimate of drug-likeness (QED) is 0.919. The molecule has 1 aliphatic carbocycles. The molecule has 1 aromatic carbocycles. The Hall–Kier alpha value is -0.350. The first kappa shape index (κ1) is 17.7. The molecule has 1 atom stereocenters. The maximum absolute atomic E-state index is 13.8. The number of hydrogen-bond donors (Lipinski definition) is 1. The van der Waals surface area contributed by atoms with Crippen LogP contribution >= 0.6 is 24.8 Å². The van der Waals surface area contributed by atoms with Gasteiger partial charge in [0, 0.05) is 32.2 Å². The predicted octanol–water partition coefficient (Wildman–Crippen LogP) is 3.33. The third kappa shape index (κ3) is 3.85. The van der Waals surface area contributed by atoms with Crippen LogP contribution in [0.4, 0.5) is 4.39 Å². The molecule has 3 rings (SSSR count). The average Bonchev–Trinajstić information content (AvgIpc) is 3.20. The minimum atomic E-state index is -0.0618. The van der Waals surface area contributed by atoms with E-state index in [4.69, 9.17) is 0 Å². The highest BCUT2D eigenvalue weighted by Gasteiger charge is 2.36. The van der Waals surface area contributed by atoms with Crippen molar-refractivity contribution in [1.82, 2.24) is 10.2 Å². The van der Waals surface area contributed by atoms with Crippen LogP contribution in [-0.2, 0) is 0 Å². The first-order valence-electron chi connectivity index (χ1n) is 6.96. The third-order valence-electron chi connectivity index (χ3n) is 4.15. The van der Waals surface area contributed by atoms with Crippen molar-refractivity contribution in [3.05, 3.63) is 35.1 Å². The van der Waals surface area contributed by atoms with Gasteiger partial charge in [-0.3, -0.25) is 4.90 Å². The highest BCUT2D eigenvalue weighted by atomic mass is 35.5. The number of rotatable bonds is 3. The summed E-state index contributed by atoms with van der Waals surface area (Å²) in [5, 5.41) is 3.39. The monoisotopic (exact) mass is 320 g/mol. The van der Waals surface area contributed by atoms with Gasteiger partial charge >= 0.3 is 0 Å². The van der Waals surface area contributed by atoms with Gasteiger partial charge in [-0.2, -0.15) is 0 Å². The van der Waals surface area contributed by atoms with Crippen LogP contribution in [0.1, 0.15) is 30.0 Å². The van der Waals surface area contributed by atoms with Crippen LogP contribution in [0.3, 0.4) is 0 Å². The summed E-state index contributed by atoms with van der Waals surface area (Å²) in [4.78, 5) is 2.53. The molecule has 0 spiro atoms. The average molecular weight is 321 g/mol. The van der Waals surface area contributed by atoms with Crippen molar-refractivity contribution in [2.24, 2.45) is 5.92 Å². The molecule has 1 aliphatic heterocycles. The molecular weight excluding hydrogens is 298 g/mol. The smallest absolute Gasteiger partial charge is 0.126 e. The Labute approximate surface area is 132 Å². The van der Waals surface area contributed by atoms with Crippen molar-refractivity contribution in [2.75, 3.05) is 26.2 Å². The molecule has 0 bridgehead atoms. The van der Waals surface area contributed by atoms with Crippen LogP contribution in [0.5, 0.6) is 0 Å². The predicted molar refractivity (Wildman–Crippen MR) is 85.5 cm³/mol. The van der Waals surface area contributed by atoms with Gasteiger partial charge in [-0.05, 0) is 42.9 Å². The third-order valence-corrected chi connectivity index (χ3v) is 4.15. The lowest BCUT2D eigenvalue weighted by atomic mass is 9.98. The first-order valence-corrected chi connectivity index (χ1v) is 6.96. The fourth-order valence-electron chi connectivity index (χ4n) is 2.95. The number of nitrogens with zero attached hydrogens (tertiary/aromatic N) is 1. The van der Waals surface area contributed by atoms with E-state index >= 15 is 0 Å². The maximum atomic E-state index is 13.8. The zero-order valence-corrected chi connectivity index (χ0v) is 13.4. The van der Waals surface area contributed by atoms with Crippen molar-refractivity contribution in [2.45, 2.75) is 25.8 Å². The summed E-state index contributed by atoms with van der Waals surface area (Å²) in [6.07, 6.45) is 2.59. The molecule has 0 radical (unpaired) electrons. The van der Waals surface area contributed by atoms with Crippen LogP contribution < -0.4 is 5.32 Å². The summed E-state index contributed by atoms with van der Waals surface area (Å²) in [6.45, 7) is 6.10. The Morgan fingerprint density at radius 1 is 1.20 bits per heavy atom. The summed E-state index contributed by atoms with van der Waals surface area (Å²) in [5.74, 6) is 0.679. The van der Waals surface area contributed by atoms with E-state index in [-0.39, 0.29) is 30.6 Å². The summed E-state index contributed by atoms with van der Waals surface area (Å²) < 4.78 is 13.8. The summed E-state index contributed by atoms with van der Waals surface area (Å²) in [7, 11) is 0. The molecule has 1 aromatic rings. The zero-order valence-electron chi connectivity index (χ0n) is 11.8. The van der Waals surface area contributed by atoms with Gasteiger partial charge < -0.3 is 5.32 Å². The zero-order chi connectivity index (χ0) is 12.5. The van der Waals surface area contributed by atoms with E-state index in [2.05, 4.69) is 16.3 Å². The van der Waals surface area contributed by atoms with Crippen molar-refractivity contribution >= 4 is 24.8 Å². The van der Waals surface area contributed by atoms with Crippen molar-refractivity contribution in [3.8, 4) is 0 Å². The molecule has 1 saturated carbocycles. The Morgan fingerprint density at radius 3 is 2.40 bits per heavy atom. The van der Waals surface area contributed by atoms with Crippen molar-refractivity contribution < 1.29 is 4.39 Å². The molecule has 1 N–H and O–H groups in total. The molecule has 2 aliphatic rings. The minimum absolute atomic E-state index is 0. The van der Waals surface area contributed by atoms with E-state index in [0.29, 0.717) is 6.04 Å². The first-order chi connectivity index (χ1) is 8.75. The van der Waals surface area contributed by atoms with Crippen molar-refractivity contribution in [1.29, 1.82) is 0 Å². The summed E-state index contributed by atoms with van der Waals surface area (Å²) >= 11 is 0. The number of halogens is 3. The molecule has 2 nitrogen and oxygen atoms in total. The van der Waals surface area contributed by atoms with Crippen molar-refractivity contribution in [3.63, 3.8) is 0 Å². The number of nitrogens with one attached hydrogen (secondary N) is 1. The lowest BCUT2D eigenvalue weighted by Crippen LogP contribution is -2.45. The van der Waals surface area contributed by atoms with Crippen LogP contribution in [-0.4, -0.2) is 31.1 Å². The fraction of sp³-hybridized carbons (Fsp3) is 0.600. The van der Waals surface area contributed by atoms with E-state index in [9.17, 15) is 4.39 Å². The van der Waals surface area contributed by atoms with Crippen LogP contribution in [0.25, 0.3) is 0 Å². The normalized spacial score (nSPS) is 20.7. The number of piperazine rings is 1. The molecule has 1 heterocycles. The van der Waals surface area contributed by atoms with Gasteiger partial charge in [-0.15, -0.1) is 24.8 Å². The number of aryl methyl sites for hydroxylation is 1. The van der Waals surface area contributed by atoms with E-state index < -0.39 is 0 Å². The van der Waals surface area contributed by atoms with Gasteiger partial charge in [-0.1, -0.05) is 12.1 Å². The van der Waals surface area contributed by atoms with Gasteiger partial charge in [0.15, 0.2) is 0 Å². The minimum Gasteiger partial charge on any atom is -0.314 e. The molecule has 1 saturated heterocycles. The Morgan fingerprint density at radius 2 is 1.85 bits per heavy atom. The van der Waals surface area contributed by atoms with Crippen LogP contribution in [0.2, 0.25) is 0 Å². The lowest BCUT2D eigenvalue weighted by molar-refractivity contribution is 0.156. The van der Waals surface area contributed by atoms with Gasteiger partial charge in [-0.25, -0.2) is 4.39 Å². The maximum Gasteiger partial charge on any atom is 0.126 e. The second-order valence-electron chi connectivity index (χ2n) is 5.58. The Balaban J connectivity index is 0.000001000. The SMILES string of the molecule is Cc1ccc([C@H](C2CC2)N2CCNCC2)cc1F.Cl.Cl. The molecule has 0 unspecified atom stereocenters. The fourth-order valence-corrected chi connectivity index (χ4v) is 2.95. The van der Waals surface area contributed by atoms with E-state index in [1.165, 1.54) is 18.4 Å². The molecule has 5 heteroatoms. The highest BCUT2D eigenvalue weighted by molar-refractivity contribution is 5.85. The van der Waals surface area contributed by atoms with E-state index in [0.717, 1.165) is 37.7 Å². The van der Waals surface area contributed by atoms with E-state index in [1.807, 2.05) is 13.0 Å². The highest BCUT2D eigenvalue weighted by Crippen LogP contribution is 2.44. The number of benzene rings is 1. The standard InChI is InChI=1S/C15H21FN2.2ClH/c1-11-2-3-13(10-14(11)16)15(12-4-5-12)18-8-6-17-7-9-18;;/h2-3,10,12,15,17H,4-9H2,1H3;2*1H/t15-;;/m0../s1. The Kier molecular flexibility index (Phi) is 6.73. The largest absolute Gasteiger partial charge is 0.314 e. The second kappa shape index (κ2) is 7.60. The van der Waals surface area contributed by atoms with Gasteiger partial charge in [0.05, 0.1) is 0 Å².